The SMILES string of the molecule is Cc1ccc(-c2[nH]ncc2C(=O)NC2CCC(C)CC2)cc1. The van der Waals surface area contributed by atoms with Gasteiger partial charge >= 0.3 is 0 Å². The number of nitrogens with zero attached hydrogens (tertiary/aromatic N) is 1. The number of benzene rings is 1. The highest BCUT2D eigenvalue weighted by atomic mass is 16.1. The van der Waals surface area contributed by atoms with Crippen LogP contribution in [0.25, 0.3) is 11.3 Å². The van der Waals surface area contributed by atoms with Crippen molar-refractivity contribution in [2.24, 2.45) is 5.92 Å². The quantitative estimate of drug-likeness (QED) is 0.907. The summed E-state index contributed by atoms with van der Waals surface area (Å²) in [7, 11) is 0. The second-order valence-electron chi connectivity index (χ2n) is 6.45. The lowest BCUT2D eigenvalue weighted by atomic mass is 9.87. The summed E-state index contributed by atoms with van der Waals surface area (Å²) in [6, 6.07) is 8.41. The molecule has 116 valence electrons. The summed E-state index contributed by atoms with van der Waals surface area (Å²) < 4.78 is 0. The molecular weight excluding hydrogens is 274 g/mol. The lowest BCUT2D eigenvalue weighted by Gasteiger charge is -2.26. The Balaban J connectivity index is 1.74. The lowest BCUT2D eigenvalue weighted by Crippen LogP contribution is -2.37. The fourth-order valence-corrected chi connectivity index (χ4v) is 3.07. The molecule has 0 aliphatic heterocycles. The van der Waals surface area contributed by atoms with Gasteiger partial charge in [-0.2, -0.15) is 5.10 Å². The number of carbonyl (C=O) groups is 1. The number of carbonyl (C=O) groups excluding carboxylic acids is 1. The van der Waals surface area contributed by atoms with E-state index in [1.165, 1.54) is 18.4 Å². The average Bonchev–Trinajstić information content (AvgIpc) is 3.00. The molecule has 2 N–H and O–H groups in total. The fraction of sp³-hybridized carbons (Fsp3) is 0.444. The van der Waals surface area contributed by atoms with Gasteiger partial charge in [-0.3, -0.25) is 9.89 Å². The van der Waals surface area contributed by atoms with Crippen LogP contribution < -0.4 is 5.32 Å². The normalized spacial score (nSPS) is 21.5. The van der Waals surface area contributed by atoms with Crippen LogP contribution in [-0.4, -0.2) is 22.1 Å². The van der Waals surface area contributed by atoms with E-state index in [9.17, 15) is 4.79 Å². The Hall–Kier alpha value is -2.10. The zero-order chi connectivity index (χ0) is 15.5. The Morgan fingerprint density at radius 3 is 2.55 bits per heavy atom. The molecule has 0 radical (unpaired) electrons. The lowest BCUT2D eigenvalue weighted by molar-refractivity contribution is 0.0923. The van der Waals surface area contributed by atoms with Crippen LogP contribution in [0.3, 0.4) is 0 Å². The number of aryl methyl sites for hydroxylation is 1. The Labute approximate surface area is 131 Å². The van der Waals surface area contributed by atoms with E-state index < -0.39 is 0 Å². The third kappa shape index (κ3) is 3.21. The molecule has 2 aromatic rings. The topological polar surface area (TPSA) is 57.8 Å². The van der Waals surface area contributed by atoms with Crippen molar-refractivity contribution in [2.75, 3.05) is 0 Å². The van der Waals surface area contributed by atoms with Crippen LogP contribution in [0.5, 0.6) is 0 Å². The van der Waals surface area contributed by atoms with Crippen molar-refractivity contribution in [1.82, 2.24) is 15.5 Å². The number of hydrogen-bond donors (Lipinski definition) is 2. The number of nitrogens with one attached hydrogen (secondary N) is 2. The van der Waals surface area contributed by atoms with Gasteiger partial charge in [0.15, 0.2) is 0 Å². The van der Waals surface area contributed by atoms with Crippen molar-refractivity contribution in [2.45, 2.75) is 45.6 Å². The first kappa shape index (κ1) is 14.8. The highest BCUT2D eigenvalue weighted by Crippen LogP contribution is 2.25. The molecule has 1 aromatic heterocycles. The monoisotopic (exact) mass is 297 g/mol. The predicted octanol–water partition coefficient (Wildman–Crippen LogP) is 3.69. The first-order chi connectivity index (χ1) is 10.6. The summed E-state index contributed by atoms with van der Waals surface area (Å²) in [5.41, 5.74) is 3.61. The number of H-pyrrole nitrogens is 1. The Morgan fingerprint density at radius 1 is 1.18 bits per heavy atom. The van der Waals surface area contributed by atoms with E-state index in [4.69, 9.17) is 0 Å². The number of aromatic amines is 1. The van der Waals surface area contributed by atoms with E-state index in [2.05, 4.69) is 29.4 Å². The summed E-state index contributed by atoms with van der Waals surface area (Å²) in [6.45, 7) is 4.33. The largest absolute Gasteiger partial charge is 0.349 e. The van der Waals surface area contributed by atoms with Gasteiger partial charge in [-0.15, -0.1) is 0 Å². The molecular formula is C18H23N3O. The molecule has 1 fully saturated rings. The number of aromatic nitrogens is 2. The molecule has 1 amide bonds. The van der Waals surface area contributed by atoms with Gasteiger partial charge in [0.2, 0.25) is 0 Å². The zero-order valence-electron chi connectivity index (χ0n) is 13.2. The van der Waals surface area contributed by atoms with Crippen LogP contribution in [0, 0.1) is 12.8 Å². The van der Waals surface area contributed by atoms with Crippen LogP contribution in [0.1, 0.15) is 48.5 Å². The van der Waals surface area contributed by atoms with Crippen LogP contribution in [0.4, 0.5) is 0 Å². The van der Waals surface area contributed by atoms with Crippen molar-refractivity contribution in [3.8, 4) is 11.3 Å². The molecule has 0 atom stereocenters. The summed E-state index contributed by atoms with van der Waals surface area (Å²) in [4.78, 5) is 12.5. The number of rotatable bonds is 3. The van der Waals surface area contributed by atoms with E-state index in [0.717, 1.165) is 30.0 Å². The van der Waals surface area contributed by atoms with E-state index in [-0.39, 0.29) is 5.91 Å². The van der Waals surface area contributed by atoms with Gasteiger partial charge in [0.05, 0.1) is 17.5 Å². The molecule has 22 heavy (non-hydrogen) atoms. The Bertz CT molecular complexity index is 637. The van der Waals surface area contributed by atoms with Crippen LogP contribution in [0.2, 0.25) is 0 Å². The molecule has 1 aliphatic rings. The molecule has 1 heterocycles. The average molecular weight is 297 g/mol. The van der Waals surface area contributed by atoms with Gasteiger partial charge in [0.1, 0.15) is 0 Å². The van der Waals surface area contributed by atoms with E-state index in [0.29, 0.717) is 11.6 Å². The molecule has 1 aromatic carbocycles. The maximum Gasteiger partial charge on any atom is 0.255 e. The summed E-state index contributed by atoms with van der Waals surface area (Å²) >= 11 is 0. The maximum atomic E-state index is 12.5. The Kier molecular flexibility index (Phi) is 4.27. The van der Waals surface area contributed by atoms with Gasteiger partial charge in [-0.25, -0.2) is 0 Å². The van der Waals surface area contributed by atoms with E-state index in [1.807, 2.05) is 24.3 Å². The molecule has 0 saturated heterocycles. The van der Waals surface area contributed by atoms with Gasteiger partial charge in [-0.1, -0.05) is 36.8 Å². The van der Waals surface area contributed by atoms with Crippen LogP contribution in [-0.2, 0) is 0 Å². The van der Waals surface area contributed by atoms with Crippen LogP contribution in [0.15, 0.2) is 30.5 Å². The van der Waals surface area contributed by atoms with Crippen molar-refractivity contribution < 1.29 is 4.79 Å². The first-order valence-electron chi connectivity index (χ1n) is 8.04. The van der Waals surface area contributed by atoms with Crippen molar-refractivity contribution in [3.05, 3.63) is 41.6 Å². The molecule has 0 unspecified atom stereocenters. The smallest absolute Gasteiger partial charge is 0.255 e. The van der Waals surface area contributed by atoms with E-state index >= 15 is 0 Å². The number of hydrogen-bond acceptors (Lipinski definition) is 2. The highest BCUT2D eigenvalue weighted by molar-refractivity contribution is 5.99. The van der Waals surface area contributed by atoms with Crippen molar-refractivity contribution in [1.29, 1.82) is 0 Å². The minimum absolute atomic E-state index is 0.0242. The molecule has 0 bridgehead atoms. The number of amides is 1. The van der Waals surface area contributed by atoms with Crippen molar-refractivity contribution >= 4 is 5.91 Å². The summed E-state index contributed by atoms with van der Waals surface area (Å²) in [5, 5.41) is 10.2. The predicted molar refractivity (Wildman–Crippen MR) is 87.6 cm³/mol. The second-order valence-corrected chi connectivity index (χ2v) is 6.45. The van der Waals surface area contributed by atoms with Gasteiger partial charge in [-0.05, 0) is 38.5 Å². The maximum absolute atomic E-state index is 12.5. The third-order valence-corrected chi connectivity index (χ3v) is 4.58. The molecule has 4 nitrogen and oxygen atoms in total. The molecule has 4 heteroatoms. The Morgan fingerprint density at radius 2 is 1.86 bits per heavy atom. The minimum atomic E-state index is -0.0242. The van der Waals surface area contributed by atoms with Gasteiger partial charge in [0, 0.05) is 11.6 Å². The molecule has 1 aliphatic carbocycles. The molecule has 0 spiro atoms. The second kappa shape index (κ2) is 6.34. The van der Waals surface area contributed by atoms with Gasteiger partial charge in [0.25, 0.3) is 5.91 Å². The zero-order valence-corrected chi connectivity index (χ0v) is 13.2. The molecule has 3 rings (SSSR count). The fourth-order valence-electron chi connectivity index (χ4n) is 3.07. The van der Waals surface area contributed by atoms with Crippen LogP contribution >= 0.6 is 0 Å². The third-order valence-electron chi connectivity index (χ3n) is 4.58. The standard InChI is InChI=1S/C18H23N3O/c1-12-3-7-14(8-4-12)17-16(11-19-21-17)18(22)20-15-9-5-13(2)6-10-15/h3-4,7-8,11,13,15H,5-6,9-10H2,1-2H3,(H,19,21)(H,20,22). The summed E-state index contributed by atoms with van der Waals surface area (Å²) in [6.07, 6.45) is 6.16. The highest BCUT2D eigenvalue weighted by Gasteiger charge is 2.22. The van der Waals surface area contributed by atoms with Gasteiger partial charge < -0.3 is 5.32 Å². The first-order valence-corrected chi connectivity index (χ1v) is 8.04. The summed E-state index contributed by atoms with van der Waals surface area (Å²) in [5.74, 6) is 0.758. The van der Waals surface area contributed by atoms with Crippen molar-refractivity contribution in [3.63, 3.8) is 0 Å². The minimum Gasteiger partial charge on any atom is -0.349 e. The van der Waals surface area contributed by atoms with E-state index in [1.54, 1.807) is 6.20 Å². The molecule has 1 saturated carbocycles.